The molecule has 0 bridgehead atoms. The molecule has 3 heterocycles. The van der Waals surface area contributed by atoms with Crippen molar-refractivity contribution in [3.63, 3.8) is 0 Å². The molecule has 0 radical (unpaired) electrons. The number of halogens is 1. The summed E-state index contributed by atoms with van der Waals surface area (Å²) in [4.78, 5) is 20.0. The Bertz CT molecular complexity index is 1280. The second-order valence-electron chi connectivity index (χ2n) is 8.22. The molecule has 0 unspecified atom stereocenters. The number of thiazole rings is 1. The topological polar surface area (TPSA) is 63.1 Å². The van der Waals surface area contributed by atoms with E-state index >= 15 is 0 Å². The predicted molar refractivity (Wildman–Crippen MR) is 126 cm³/mol. The number of carbonyl (C=O) groups is 1. The van der Waals surface area contributed by atoms with Crippen LogP contribution in [0.4, 0.5) is 15.2 Å². The fourth-order valence-electron chi connectivity index (χ4n) is 4.17. The van der Waals surface area contributed by atoms with Gasteiger partial charge in [0.2, 0.25) is 5.91 Å². The number of hydrogen-bond donors (Lipinski definition) is 1. The van der Waals surface area contributed by atoms with Crippen molar-refractivity contribution >= 4 is 38.4 Å². The summed E-state index contributed by atoms with van der Waals surface area (Å²) in [5.41, 5.74) is 4.16. The first-order valence-electron chi connectivity index (χ1n) is 10.7. The van der Waals surface area contributed by atoms with E-state index in [1.807, 2.05) is 41.9 Å². The molecular weight excluding hydrogens is 425 g/mol. The minimum Gasteiger partial charge on any atom is -0.347 e. The highest BCUT2D eigenvalue weighted by Crippen LogP contribution is 2.34. The van der Waals surface area contributed by atoms with Crippen LogP contribution in [0.3, 0.4) is 0 Å². The molecule has 164 valence electrons. The Balaban J connectivity index is 1.37. The van der Waals surface area contributed by atoms with E-state index in [0.29, 0.717) is 12.2 Å². The Morgan fingerprint density at radius 3 is 2.78 bits per heavy atom. The van der Waals surface area contributed by atoms with Gasteiger partial charge in [-0.05, 0) is 62.6 Å². The molecule has 8 heteroatoms. The van der Waals surface area contributed by atoms with E-state index in [2.05, 4.69) is 15.3 Å². The minimum absolute atomic E-state index is 0.0304. The Hall–Kier alpha value is -3.26. The minimum atomic E-state index is -0.301. The number of piperidine rings is 1. The first-order valence-corrected chi connectivity index (χ1v) is 11.5. The Kier molecular flexibility index (Phi) is 5.38. The van der Waals surface area contributed by atoms with E-state index < -0.39 is 0 Å². The molecule has 2 aromatic carbocycles. The number of benzene rings is 2. The normalized spacial score (nSPS) is 16.5. The van der Waals surface area contributed by atoms with Gasteiger partial charge in [0.1, 0.15) is 5.82 Å². The third-order valence-electron chi connectivity index (χ3n) is 5.89. The van der Waals surface area contributed by atoms with Crippen LogP contribution in [0.25, 0.3) is 16.0 Å². The molecule has 1 atom stereocenters. The predicted octanol–water partition coefficient (Wildman–Crippen LogP) is 5.09. The standard InChI is InChI=1S/C24H24FN5OS/c1-15-13-18(25)10-11-20(15)26-23(31)17-7-6-12-29(14-17)24-27-22-21(32-24)16(2)28-30(22)19-8-4-3-5-9-19/h3-5,8-11,13,17H,6-7,12,14H2,1-2H3,(H,26,31)/t17-/m1/s1. The fraction of sp³-hybridized carbons (Fsp3) is 0.292. The molecular formula is C24H24FN5OS. The van der Waals surface area contributed by atoms with Crippen LogP contribution in [0.15, 0.2) is 48.5 Å². The lowest BCUT2D eigenvalue weighted by atomic mass is 9.97. The summed E-state index contributed by atoms with van der Waals surface area (Å²) >= 11 is 1.63. The molecule has 1 aliphatic rings. The number of amides is 1. The molecule has 1 N–H and O–H groups in total. The molecule has 1 fully saturated rings. The van der Waals surface area contributed by atoms with E-state index in [9.17, 15) is 9.18 Å². The van der Waals surface area contributed by atoms with Gasteiger partial charge < -0.3 is 10.2 Å². The lowest BCUT2D eigenvalue weighted by molar-refractivity contribution is -0.120. The Morgan fingerprint density at radius 2 is 2.00 bits per heavy atom. The average molecular weight is 450 g/mol. The van der Waals surface area contributed by atoms with Crippen molar-refractivity contribution in [2.75, 3.05) is 23.3 Å². The lowest BCUT2D eigenvalue weighted by Crippen LogP contribution is -2.40. The van der Waals surface area contributed by atoms with E-state index in [1.54, 1.807) is 24.3 Å². The molecule has 1 saturated heterocycles. The number of para-hydroxylation sites is 1. The van der Waals surface area contributed by atoms with E-state index in [1.165, 1.54) is 12.1 Å². The van der Waals surface area contributed by atoms with Crippen LogP contribution in [0, 0.1) is 25.6 Å². The van der Waals surface area contributed by atoms with Gasteiger partial charge in [-0.2, -0.15) is 10.1 Å². The van der Waals surface area contributed by atoms with Gasteiger partial charge in [-0.25, -0.2) is 9.07 Å². The summed E-state index contributed by atoms with van der Waals surface area (Å²) in [5, 5.41) is 8.56. The number of carbonyl (C=O) groups excluding carboxylic acids is 1. The van der Waals surface area contributed by atoms with E-state index in [-0.39, 0.29) is 17.6 Å². The SMILES string of the molecule is Cc1cc(F)ccc1NC(=O)[C@@H]1CCCN(c2nc3c(s2)c(C)nn3-c2ccccc2)C1. The van der Waals surface area contributed by atoms with Crippen molar-refractivity contribution in [3.8, 4) is 5.69 Å². The number of anilines is 2. The van der Waals surface area contributed by atoms with Crippen LogP contribution in [-0.4, -0.2) is 33.8 Å². The zero-order valence-corrected chi connectivity index (χ0v) is 18.8. The van der Waals surface area contributed by atoms with Gasteiger partial charge >= 0.3 is 0 Å². The number of aromatic nitrogens is 3. The number of nitrogens with one attached hydrogen (secondary N) is 1. The molecule has 0 saturated carbocycles. The maximum Gasteiger partial charge on any atom is 0.229 e. The van der Waals surface area contributed by atoms with Gasteiger partial charge in [-0.1, -0.05) is 29.5 Å². The molecule has 1 aliphatic heterocycles. The third kappa shape index (κ3) is 3.86. The second-order valence-corrected chi connectivity index (χ2v) is 9.19. The van der Waals surface area contributed by atoms with Crippen LogP contribution in [0.5, 0.6) is 0 Å². The Morgan fingerprint density at radius 1 is 1.19 bits per heavy atom. The van der Waals surface area contributed by atoms with Crippen LogP contribution in [0.2, 0.25) is 0 Å². The summed E-state index contributed by atoms with van der Waals surface area (Å²) in [5.74, 6) is -0.478. The van der Waals surface area contributed by atoms with Gasteiger partial charge in [0, 0.05) is 18.8 Å². The van der Waals surface area contributed by atoms with Gasteiger partial charge in [0.05, 0.1) is 22.0 Å². The number of rotatable bonds is 4. The smallest absolute Gasteiger partial charge is 0.229 e. The number of hydrogen-bond acceptors (Lipinski definition) is 5. The summed E-state index contributed by atoms with van der Waals surface area (Å²) < 4.78 is 16.3. The zero-order chi connectivity index (χ0) is 22.2. The van der Waals surface area contributed by atoms with Crippen molar-refractivity contribution in [2.24, 2.45) is 5.92 Å². The van der Waals surface area contributed by atoms with Crippen LogP contribution in [0.1, 0.15) is 24.1 Å². The molecule has 0 aliphatic carbocycles. The van der Waals surface area contributed by atoms with Crippen LogP contribution >= 0.6 is 11.3 Å². The number of fused-ring (bicyclic) bond motifs is 1. The quantitative estimate of drug-likeness (QED) is 0.471. The summed E-state index contributed by atoms with van der Waals surface area (Å²) in [6.07, 6.45) is 1.74. The lowest BCUT2D eigenvalue weighted by Gasteiger charge is -2.31. The molecule has 6 nitrogen and oxygen atoms in total. The highest BCUT2D eigenvalue weighted by atomic mass is 32.1. The first-order chi connectivity index (χ1) is 15.5. The van der Waals surface area contributed by atoms with Gasteiger partial charge in [-0.15, -0.1) is 0 Å². The summed E-state index contributed by atoms with van der Waals surface area (Å²) in [7, 11) is 0. The van der Waals surface area contributed by atoms with Crippen molar-refractivity contribution in [2.45, 2.75) is 26.7 Å². The van der Waals surface area contributed by atoms with Crippen molar-refractivity contribution in [1.29, 1.82) is 0 Å². The molecule has 32 heavy (non-hydrogen) atoms. The van der Waals surface area contributed by atoms with E-state index in [0.717, 1.165) is 51.8 Å². The van der Waals surface area contributed by atoms with Gasteiger partial charge in [0.15, 0.2) is 10.8 Å². The van der Waals surface area contributed by atoms with Crippen LogP contribution in [-0.2, 0) is 4.79 Å². The van der Waals surface area contributed by atoms with Crippen molar-refractivity contribution in [3.05, 3.63) is 65.6 Å². The fourth-order valence-corrected chi connectivity index (χ4v) is 5.20. The molecule has 4 aromatic rings. The summed E-state index contributed by atoms with van der Waals surface area (Å²) in [6, 6.07) is 14.4. The maximum absolute atomic E-state index is 13.4. The highest BCUT2D eigenvalue weighted by Gasteiger charge is 2.28. The zero-order valence-electron chi connectivity index (χ0n) is 18.0. The molecule has 5 rings (SSSR count). The average Bonchev–Trinajstić information content (AvgIpc) is 3.37. The monoisotopic (exact) mass is 449 g/mol. The van der Waals surface area contributed by atoms with Crippen molar-refractivity contribution < 1.29 is 9.18 Å². The van der Waals surface area contributed by atoms with Gasteiger partial charge in [-0.3, -0.25) is 4.79 Å². The molecule has 0 spiro atoms. The van der Waals surface area contributed by atoms with Gasteiger partial charge in [0.25, 0.3) is 0 Å². The molecule has 1 amide bonds. The van der Waals surface area contributed by atoms with E-state index in [4.69, 9.17) is 4.98 Å². The first kappa shape index (κ1) is 20.6. The number of nitrogens with zero attached hydrogens (tertiary/aromatic N) is 4. The highest BCUT2D eigenvalue weighted by molar-refractivity contribution is 7.22. The van der Waals surface area contributed by atoms with Crippen molar-refractivity contribution in [1.82, 2.24) is 14.8 Å². The number of aryl methyl sites for hydroxylation is 2. The van der Waals surface area contributed by atoms with Crippen LogP contribution < -0.4 is 10.2 Å². The largest absolute Gasteiger partial charge is 0.347 e. The third-order valence-corrected chi connectivity index (χ3v) is 7.10. The summed E-state index contributed by atoms with van der Waals surface area (Å²) in [6.45, 7) is 5.28. The Labute approximate surface area is 189 Å². The maximum atomic E-state index is 13.4. The molecule has 2 aromatic heterocycles. The second kappa shape index (κ2) is 8.35.